The fourth-order valence-corrected chi connectivity index (χ4v) is 2.68. The molecule has 1 aromatic rings. The van der Waals surface area contributed by atoms with E-state index in [2.05, 4.69) is 12.2 Å². The van der Waals surface area contributed by atoms with E-state index in [1.807, 2.05) is 11.0 Å². The van der Waals surface area contributed by atoms with Crippen molar-refractivity contribution >= 4 is 5.91 Å². The number of likely N-dealkylation sites (tertiary alicyclic amines) is 1. The van der Waals surface area contributed by atoms with Crippen LogP contribution in [-0.4, -0.2) is 30.9 Å². The van der Waals surface area contributed by atoms with Gasteiger partial charge in [-0.1, -0.05) is 19.1 Å². The molecular weight excluding hydrogens is 231 g/mol. The second-order valence-corrected chi connectivity index (χ2v) is 4.88. The summed E-state index contributed by atoms with van der Waals surface area (Å²) < 4.78 is 13.3. The van der Waals surface area contributed by atoms with Gasteiger partial charge in [0.15, 0.2) is 0 Å². The maximum absolute atomic E-state index is 13.3. The minimum Gasteiger partial charge on any atom is -0.334 e. The fourth-order valence-electron chi connectivity index (χ4n) is 2.68. The molecule has 1 saturated heterocycles. The first-order chi connectivity index (χ1) is 8.63. The summed E-state index contributed by atoms with van der Waals surface area (Å²) in [7, 11) is 1.76. The molecule has 18 heavy (non-hydrogen) atoms. The van der Waals surface area contributed by atoms with Gasteiger partial charge < -0.3 is 10.2 Å². The van der Waals surface area contributed by atoms with E-state index in [0.717, 1.165) is 18.5 Å². The predicted octanol–water partition coefficient (Wildman–Crippen LogP) is 1.95. The van der Waals surface area contributed by atoms with Crippen LogP contribution in [0.5, 0.6) is 0 Å². The molecule has 1 aliphatic heterocycles. The lowest BCUT2D eigenvalue weighted by Gasteiger charge is -2.27. The van der Waals surface area contributed by atoms with Crippen LogP contribution >= 0.6 is 0 Å². The van der Waals surface area contributed by atoms with Gasteiger partial charge in [0.25, 0.3) is 0 Å². The van der Waals surface area contributed by atoms with E-state index < -0.39 is 0 Å². The molecule has 1 aromatic carbocycles. The summed E-state index contributed by atoms with van der Waals surface area (Å²) in [6, 6.07) is 6.57. The molecule has 2 rings (SSSR count). The molecule has 1 N–H and O–H groups in total. The van der Waals surface area contributed by atoms with Crippen LogP contribution < -0.4 is 5.32 Å². The standard InChI is InChI=1S/C14H19FN2O/c1-10-6-7-17(13(18)9-16-2)14(10)11-4-3-5-12(15)8-11/h3-5,8,10,14,16H,6-7,9H2,1-2H3/t10-,14-/m1/s1. The summed E-state index contributed by atoms with van der Waals surface area (Å²) in [5, 5.41) is 2.88. The summed E-state index contributed by atoms with van der Waals surface area (Å²) >= 11 is 0. The minimum absolute atomic E-state index is 0.00144. The zero-order valence-corrected chi connectivity index (χ0v) is 10.8. The summed E-state index contributed by atoms with van der Waals surface area (Å²) in [4.78, 5) is 13.9. The van der Waals surface area contributed by atoms with Gasteiger partial charge in [-0.2, -0.15) is 0 Å². The van der Waals surface area contributed by atoms with Crippen LogP contribution in [0.15, 0.2) is 24.3 Å². The van der Waals surface area contributed by atoms with Crippen molar-refractivity contribution in [2.45, 2.75) is 19.4 Å². The molecule has 0 unspecified atom stereocenters. The number of nitrogens with zero attached hydrogens (tertiary/aromatic N) is 1. The topological polar surface area (TPSA) is 32.3 Å². The molecule has 0 aliphatic carbocycles. The van der Waals surface area contributed by atoms with E-state index in [0.29, 0.717) is 12.5 Å². The van der Waals surface area contributed by atoms with Gasteiger partial charge in [-0.05, 0) is 37.1 Å². The van der Waals surface area contributed by atoms with Crippen molar-refractivity contribution in [2.24, 2.45) is 5.92 Å². The summed E-state index contributed by atoms with van der Waals surface area (Å²) in [6.07, 6.45) is 0.969. The van der Waals surface area contributed by atoms with E-state index >= 15 is 0 Å². The van der Waals surface area contributed by atoms with Crippen molar-refractivity contribution in [3.63, 3.8) is 0 Å². The number of hydrogen-bond donors (Lipinski definition) is 1. The molecule has 2 atom stereocenters. The number of carbonyl (C=O) groups is 1. The minimum atomic E-state index is -0.243. The molecule has 1 amide bonds. The first-order valence-corrected chi connectivity index (χ1v) is 6.33. The van der Waals surface area contributed by atoms with E-state index in [9.17, 15) is 9.18 Å². The molecule has 0 aromatic heterocycles. The highest BCUT2D eigenvalue weighted by atomic mass is 19.1. The van der Waals surface area contributed by atoms with Gasteiger partial charge in [0.1, 0.15) is 5.82 Å². The number of carbonyl (C=O) groups excluding carboxylic acids is 1. The summed E-state index contributed by atoms with van der Waals surface area (Å²) in [6.45, 7) is 3.20. The third kappa shape index (κ3) is 2.53. The second-order valence-electron chi connectivity index (χ2n) is 4.88. The number of hydrogen-bond acceptors (Lipinski definition) is 2. The maximum Gasteiger partial charge on any atom is 0.237 e. The SMILES string of the molecule is CNCC(=O)N1CC[C@@H](C)[C@@H]1c1cccc(F)c1. The Balaban J connectivity index is 2.25. The highest BCUT2D eigenvalue weighted by Crippen LogP contribution is 2.36. The van der Waals surface area contributed by atoms with Crippen molar-refractivity contribution < 1.29 is 9.18 Å². The van der Waals surface area contributed by atoms with Crippen molar-refractivity contribution in [1.29, 1.82) is 0 Å². The Labute approximate surface area is 107 Å². The average Bonchev–Trinajstić information content (AvgIpc) is 2.71. The predicted molar refractivity (Wildman–Crippen MR) is 68.6 cm³/mol. The Hall–Kier alpha value is -1.42. The monoisotopic (exact) mass is 250 g/mol. The van der Waals surface area contributed by atoms with E-state index in [4.69, 9.17) is 0 Å². The van der Waals surface area contributed by atoms with E-state index in [-0.39, 0.29) is 17.8 Å². The molecule has 1 fully saturated rings. The Kier molecular flexibility index (Phi) is 3.97. The van der Waals surface area contributed by atoms with Gasteiger partial charge >= 0.3 is 0 Å². The lowest BCUT2D eigenvalue weighted by Crippen LogP contribution is -2.37. The number of benzene rings is 1. The third-order valence-corrected chi connectivity index (χ3v) is 3.54. The van der Waals surface area contributed by atoms with Gasteiger partial charge in [-0.25, -0.2) is 4.39 Å². The van der Waals surface area contributed by atoms with Crippen LogP contribution in [0, 0.1) is 11.7 Å². The molecule has 3 nitrogen and oxygen atoms in total. The molecule has 0 saturated carbocycles. The summed E-state index contributed by atoms with van der Waals surface area (Å²) in [5.74, 6) is 0.205. The summed E-state index contributed by atoms with van der Waals surface area (Å²) in [5.41, 5.74) is 0.893. The first-order valence-electron chi connectivity index (χ1n) is 6.33. The van der Waals surface area contributed by atoms with Crippen LogP contribution in [0.25, 0.3) is 0 Å². The van der Waals surface area contributed by atoms with Crippen LogP contribution in [0.4, 0.5) is 4.39 Å². The Morgan fingerprint density at radius 2 is 2.33 bits per heavy atom. The smallest absolute Gasteiger partial charge is 0.237 e. The van der Waals surface area contributed by atoms with Crippen LogP contribution in [-0.2, 0) is 4.79 Å². The zero-order valence-electron chi connectivity index (χ0n) is 10.8. The van der Waals surface area contributed by atoms with Gasteiger partial charge in [0, 0.05) is 6.54 Å². The molecule has 98 valence electrons. The normalized spacial score (nSPS) is 23.4. The highest BCUT2D eigenvalue weighted by molar-refractivity contribution is 5.79. The molecule has 1 heterocycles. The Morgan fingerprint density at radius 3 is 3.00 bits per heavy atom. The van der Waals surface area contributed by atoms with Crippen molar-refractivity contribution in [3.8, 4) is 0 Å². The van der Waals surface area contributed by atoms with Gasteiger partial charge in [0.2, 0.25) is 5.91 Å². The number of likely N-dealkylation sites (N-methyl/N-ethyl adjacent to an activating group) is 1. The number of halogens is 1. The quantitative estimate of drug-likeness (QED) is 0.889. The Bertz CT molecular complexity index is 436. The molecule has 0 spiro atoms. The number of amides is 1. The molecular formula is C14H19FN2O. The van der Waals surface area contributed by atoms with Gasteiger partial charge in [0.05, 0.1) is 12.6 Å². The van der Waals surface area contributed by atoms with Crippen molar-refractivity contribution in [3.05, 3.63) is 35.6 Å². The molecule has 1 aliphatic rings. The average molecular weight is 250 g/mol. The fraction of sp³-hybridized carbons (Fsp3) is 0.500. The first kappa shape index (κ1) is 13.0. The lowest BCUT2D eigenvalue weighted by atomic mass is 9.95. The van der Waals surface area contributed by atoms with Crippen LogP contribution in [0.1, 0.15) is 24.9 Å². The van der Waals surface area contributed by atoms with Crippen LogP contribution in [0.3, 0.4) is 0 Å². The van der Waals surface area contributed by atoms with E-state index in [1.165, 1.54) is 12.1 Å². The zero-order chi connectivity index (χ0) is 13.1. The van der Waals surface area contributed by atoms with Crippen LogP contribution in [0.2, 0.25) is 0 Å². The molecule has 0 radical (unpaired) electrons. The molecule has 4 heteroatoms. The highest BCUT2D eigenvalue weighted by Gasteiger charge is 2.35. The number of nitrogens with one attached hydrogen (secondary N) is 1. The largest absolute Gasteiger partial charge is 0.334 e. The van der Waals surface area contributed by atoms with Gasteiger partial charge in [-0.3, -0.25) is 4.79 Å². The third-order valence-electron chi connectivity index (χ3n) is 3.54. The van der Waals surface area contributed by atoms with Crippen molar-refractivity contribution in [2.75, 3.05) is 20.1 Å². The molecule has 0 bridgehead atoms. The number of rotatable bonds is 3. The van der Waals surface area contributed by atoms with E-state index in [1.54, 1.807) is 13.1 Å². The van der Waals surface area contributed by atoms with Crippen molar-refractivity contribution in [1.82, 2.24) is 10.2 Å². The Morgan fingerprint density at radius 1 is 1.56 bits per heavy atom. The van der Waals surface area contributed by atoms with Gasteiger partial charge in [-0.15, -0.1) is 0 Å². The second kappa shape index (κ2) is 5.48. The maximum atomic E-state index is 13.3. The lowest BCUT2D eigenvalue weighted by molar-refractivity contribution is -0.131.